The zero-order valence-corrected chi connectivity index (χ0v) is 10.5. The van der Waals surface area contributed by atoms with Crippen molar-refractivity contribution >= 4 is 12.0 Å². The van der Waals surface area contributed by atoms with Gasteiger partial charge < -0.3 is 20.5 Å². The minimum Gasteiger partial charge on any atom is -0.480 e. The fourth-order valence-electron chi connectivity index (χ4n) is 2.70. The second-order valence-electron chi connectivity index (χ2n) is 5.01. The van der Waals surface area contributed by atoms with E-state index >= 15 is 0 Å². The fourth-order valence-corrected chi connectivity index (χ4v) is 2.70. The number of carbonyl (C=O) groups excluding carboxylic acids is 1. The Labute approximate surface area is 106 Å². The Morgan fingerprint density at radius 3 is 2.72 bits per heavy atom. The van der Waals surface area contributed by atoms with E-state index in [1.165, 1.54) is 0 Å². The summed E-state index contributed by atoms with van der Waals surface area (Å²) in [6, 6.07) is -1.19. The quantitative estimate of drug-likeness (QED) is 0.680. The van der Waals surface area contributed by atoms with Gasteiger partial charge in [0.05, 0.1) is 18.2 Å². The van der Waals surface area contributed by atoms with Crippen LogP contribution in [-0.4, -0.2) is 41.4 Å². The standard InChI is InChI=1S/C12H20N2O4/c1-2-3-8(11(15)16)13-12(17)14-9-6-7-4-5-10(9)18-7/h7-10H,2-6H2,1H3,(H,15,16)(H2,13,14,17)/t7?,8-,9?,10?/m0/s1. The van der Waals surface area contributed by atoms with Crippen LogP contribution in [0.5, 0.6) is 0 Å². The molecule has 2 fully saturated rings. The number of aliphatic carboxylic acids is 1. The van der Waals surface area contributed by atoms with Crippen LogP contribution in [0.2, 0.25) is 0 Å². The molecule has 0 radical (unpaired) electrons. The monoisotopic (exact) mass is 256 g/mol. The summed E-state index contributed by atoms with van der Waals surface area (Å²) in [6.45, 7) is 1.89. The van der Waals surface area contributed by atoms with Crippen LogP contribution in [0.4, 0.5) is 4.79 Å². The minimum atomic E-state index is -0.990. The van der Waals surface area contributed by atoms with Gasteiger partial charge in [0, 0.05) is 0 Å². The molecule has 2 aliphatic heterocycles. The normalized spacial score (nSPS) is 31.1. The van der Waals surface area contributed by atoms with E-state index in [4.69, 9.17) is 9.84 Å². The summed E-state index contributed by atoms with van der Waals surface area (Å²) in [7, 11) is 0. The van der Waals surface area contributed by atoms with Crippen LogP contribution in [0.3, 0.4) is 0 Å². The number of carboxylic acid groups (broad SMARTS) is 1. The Morgan fingerprint density at radius 2 is 2.22 bits per heavy atom. The van der Waals surface area contributed by atoms with Gasteiger partial charge in [-0.05, 0) is 25.7 Å². The van der Waals surface area contributed by atoms with Gasteiger partial charge in [0.25, 0.3) is 0 Å². The first-order valence-electron chi connectivity index (χ1n) is 6.55. The first-order valence-corrected chi connectivity index (χ1v) is 6.55. The first-order chi connectivity index (χ1) is 8.60. The number of carbonyl (C=O) groups is 2. The highest BCUT2D eigenvalue weighted by atomic mass is 16.5. The molecule has 3 N–H and O–H groups in total. The smallest absolute Gasteiger partial charge is 0.326 e. The minimum absolute atomic E-state index is 0.0276. The molecule has 3 unspecified atom stereocenters. The van der Waals surface area contributed by atoms with E-state index in [2.05, 4.69) is 10.6 Å². The van der Waals surface area contributed by atoms with Gasteiger partial charge in [-0.1, -0.05) is 13.3 Å². The third-order valence-corrected chi connectivity index (χ3v) is 3.60. The molecular formula is C12H20N2O4. The van der Waals surface area contributed by atoms with E-state index in [-0.39, 0.29) is 18.2 Å². The number of carboxylic acids is 1. The molecule has 2 aliphatic rings. The molecule has 0 aromatic carbocycles. The number of nitrogens with one attached hydrogen (secondary N) is 2. The van der Waals surface area contributed by atoms with Crippen molar-refractivity contribution in [1.82, 2.24) is 10.6 Å². The molecule has 0 saturated carbocycles. The summed E-state index contributed by atoms with van der Waals surface area (Å²) in [6.07, 6.45) is 4.42. The van der Waals surface area contributed by atoms with Crippen molar-refractivity contribution in [2.45, 2.75) is 63.3 Å². The average Bonchev–Trinajstić information content (AvgIpc) is 2.90. The molecule has 0 aromatic rings. The number of hydrogen-bond acceptors (Lipinski definition) is 3. The number of amides is 2. The SMILES string of the molecule is CCC[C@H](NC(=O)NC1CC2CCC1O2)C(=O)O. The summed E-state index contributed by atoms with van der Waals surface area (Å²) >= 11 is 0. The second kappa shape index (κ2) is 5.56. The van der Waals surface area contributed by atoms with Crippen LogP contribution in [0.15, 0.2) is 0 Å². The van der Waals surface area contributed by atoms with Crippen molar-refractivity contribution in [2.24, 2.45) is 0 Å². The van der Waals surface area contributed by atoms with Crippen LogP contribution >= 0.6 is 0 Å². The number of hydrogen-bond donors (Lipinski definition) is 3. The summed E-state index contributed by atoms with van der Waals surface area (Å²) in [4.78, 5) is 22.6. The lowest BCUT2D eigenvalue weighted by Gasteiger charge is -2.22. The highest BCUT2D eigenvalue weighted by Crippen LogP contribution is 2.34. The van der Waals surface area contributed by atoms with Crippen LogP contribution in [0, 0.1) is 0 Å². The van der Waals surface area contributed by atoms with Gasteiger partial charge in [0.15, 0.2) is 0 Å². The van der Waals surface area contributed by atoms with Gasteiger partial charge in [-0.25, -0.2) is 9.59 Å². The molecule has 18 heavy (non-hydrogen) atoms. The molecule has 6 nitrogen and oxygen atoms in total. The fraction of sp³-hybridized carbons (Fsp3) is 0.833. The molecule has 2 heterocycles. The zero-order chi connectivity index (χ0) is 13.1. The second-order valence-corrected chi connectivity index (χ2v) is 5.01. The van der Waals surface area contributed by atoms with E-state index < -0.39 is 18.0 Å². The van der Waals surface area contributed by atoms with E-state index in [9.17, 15) is 9.59 Å². The van der Waals surface area contributed by atoms with Crippen molar-refractivity contribution < 1.29 is 19.4 Å². The number of rotatable bonds is 5. The largest absolute Gasteiger partial charge is 0.480 e. The Balaban J connectivity index is 1.79. The maximum absolute atomic E-state index is 11.7. The molecule has 0 spiro atoms. The van der Waals surface area contributed by atoms with Gasteiger partial charge in [-0.15, -0.1) is 0 Å². The zero-order valence-electron chi connectivity index (χ0n) is 10.5. The van der Waals surface area contributed by atoms with Crippen molar-refractivity contribution in [3.63, 3.8) is 0 Å². The molecule has 2 saturated heterocycles. The van der Waals surface area contributed by atoms with Crippen LogP contribution in [0.25, 0.3) is 0 Å². The highest BCUT2D eigenvalue weighted by molar-refractivity contribution is 5.82. The summed E-state index contributed by atoms with van der Waals surface area (Å²) in [5.74, 6) is -0.990. The molecular weight excluding hydrogens is 236 g/mol. The van der Waals surface area contributed by atoms with Gasteiger partial charge in [0.2, 0.25) is 0 Å². The van der Waals surface area contributed by atoms with E-state index in [0.717, 1.165) is 19.3 Å². The summed E-state index contributed by atoms with van der Waals surface area (Å²) in [5.41, 5.74) is 0. The number of ether oxygens (including phenoxy) is 1. The van der Waals surface area contributed by atoms with Gasteiger partial charge >= 0.3 is 12.0 Å². The lowest BCUT2D eigenvalue weighted by Crippen LogP contribution is -2.51. The lowest BCUT2D eigenvalue weighted by atomic mass is 9.96. The Kier molecular flexibility index (Phi) is 4.06. The van der Waals surface area contributed by atoms with Crippen molar-refractivity contribution in [3.8, 4) is 0 Å². The summed E-state index contributed by atoms with van der Waals surface area (Å²) < 4.78 is 5.63. The van der Waals surface area contributed by atoms with Crippen LogP contribution in [-0.2, 0) is 9.53 Å². The molecule has 4 atom stereocenters. The van der Waals surface area contributed by atoms with Gasteiger partial charge in [0.1, 0.15) is 6.04 Å². The third-order valence-electron chi connectivity index (χ3n) is 3.60. The van der Waals surface area contributed by atoms with Crippen LogP contribution < -0.4 is 10.6 Å². The van der Waals surface area contributed by atoms with Crippen LogP contribution in [0.1, 0.15) is 39.0 Å². The summed E-state index contributed by atoms with van der Waals surface area (Å²) in [5, 5.41) is 14.3. The molecule has 0 aliphatic carbocycles. The Hall–Kier alpha value is -1.30. The third kappa shape index (κ3) is 2.93. The molecule has 6 heteroatoms. The molecule has 2 bridgehead atoms. The Morgan fingerprint density at radius 1 is 1.44 bits per heavy atom. The molecule has 2 rings (SSSR count). The predicted molar refractivity (Wildman–Crippen MR) is 64.3 cm³/mol. The maximum atomic E-state index is 11.7. The first kappa shape index (κ1) is 13.1. The lowest BCUT2D eigenvalue weighted by molar-refractivity contribution is -0.139. The highest BCUT2D eigenvalue weighted by Gasteiger charge is 2.41. The van der Waals surface area contributed by atoms with E-state index in [1.807, 2.05) is 6.92 Å². The Bertz CT molecular complexity index is 334. The predicted octanol–water partition coefficient (Wildman–Crippen LogP) is 0.859. The average molecular weight is 256 g/mol. The van der Waals surface area contributed by atoms with E-state index in [1.54, 1.807) is 0 Å². The number of urea groups is 1. The van der Waals surface area contributed by atoms with E-state index in [0.29, 0.717) is 12.8 Å². The molecule has 2 amide bonds. The van der Waals surface area contributed by atoms with Gasteiger partial charge in [-0.3, -0.25) is 0 Å². The maximum Gasteiger partial charge on any atom is 0.326 e. The molecule has 0 aromatic heterocycles. The molecule has 102 valence electrons. The number of fused-ring (bicyclic) bond motifs is 2. The van der Waals surface area contributed by atoms with Crippen molar-refractivity contribution in [2.75, 3.05) is 0 Å². The van der Waals surface area contributed by atoms with Crippen molar-refractivity contribution in [1.29, 1.82) is 0 Å². The topological polar surface area (TPSA) is 87.7 Å². The van der Waals surface area contributed by atoms with Crippen molar-refractivity contribution in [3.05, 3.63) is 0 Å². The van der Waals surface area contributed by atoms with Gasteiger partial charge in [-0.2, -0.15) is 0 Å².